The quantitative estimate of drug-likeness (QED) is 0.710. The van der Waals surface area contributed by atoms with Gasteiger partial charge in [-0.1, -0.05) is 12.1 Å². The van der Waals surface area contributed by atoms with Crippen LogP contribution in [0.15, 0.2) is 47.8 Å². The molecule has 2 aromatic heterocycles. The minimum Gasteiger partial charge on any atom is -0.321 e. The number of benzene rings is 1. The minimum atomic E-state index is -3.42. The lowest BCUT2D eigenvalue weighted by molar-refractivity contribution is 0.477. The lowest BCUT2D eigenvalue weighted by Gasteiger charge is -2.15. The lowest BCUT2D eigenvalue weighted by atomic mass is 10.1. The highest BCUT2D eigenvalue weighted by atomic mass is 32.2. The molecule has 8 nitrogen and oxygen atoms in total. The molecule has 4 rings (SSSR count). The van der Waals surface area contributed by atoms with Crippen molar-refractivity contribution in [3.8, 4) is 11.3 Å². The highest BCUT2D eigenvalue weighted by molar-refractivity contribution is 7.89. The number of hydrogen-bond donors (Lipinski definition) is 1. The zero-order valence-corrected chi connectivity index (χ0v) is 16.6. The van der Waals surface area contributed by atoms with Gasteiger partial charge in [-0.05, 0) is 37.5 Å². The van der Waals surface area contributed by atoms with Crippen LogP contribution in [0.1, 0.15) is 18.4 Å². The molecule has 0 bridgehead atoms. The van der Waals surface area contributed by atoms with Gasteiger partial charge in [-0.25, -0.2) is 18.4 Å². The topological polar surface area (TPSA) is 93.0 Å². The zero-order valence-electron chi connectivity index (χ0n) is 15.8. The van der Waals surface area contributed by atoms with E-state index < -0.39 is 10.0 Å². The minimum absolute atomic E-state index is 0.318. The highest BCUT2D eigenvalue weighted by Crippen LogP contribution is 2.26. The maximum absolute atomic E-state index is 12.7. The Balaban J connectivity index is 1.61. The van der Waals surface area contributed by atoms with E-state index in [-0.39, 0.29) is 0 Å². The van der Waals surface area contributed by atoms with Gasteiger partial charge in [-0.2, -0.15) is 9.40 Å². The number of rotatable bonds is 5. The average molecular weight is 398 g/mol. The summed E-state index contributed by atoms with van der Waals surface area (Å²) in [6, 6.07) is 6.90. The standard InChI is InChI=1S/C19H22N6O2S/c1-14-11-20-19(22-16-12-21-24(2)13-16)23-18(14)15-5-7-17(8-6-15)28(26,27)25-9-3-4-10-25/h5-8,11-13H,3-4,9-10H2,1-2H3,(H,20,22,23). The molecule has 146 valence electrons. The molecule has 0 spiro atoms. The van der Waals surface area contributed by atoms with Crippen LogP contribution in [0, 0.1) is 6.92 Å². The SMILES string of the molecule is Cc1cnc(Nc2cnn(C)c2)nc1-c1ccc(S(=O)(=O)N2CCCC2)cc1. The van der Waals surface area contributed by atoms with E-state index in [4.69, 9.17) is 0 Å². The first-order valence-electron chi connectivity index (χ1n) is 9.13. The van der Waals surface area contributed by atoms with E-state index in [0.717, 1.165) is 35.3 Å². The van der Waals surface area contributed by atoms with Crippen molar-refractivity contribution >= 4 is 21.7 Å². The average Bonchev–Trinajstić information content (AvgIpc) is 3.36. The smallest absolute Gasteiger partial charge is 0.243 e. The van der Waals surface area contributed by atoms with E-state index in [0.29, 0.717) is 23.9 Å². The molecule has 3 heterocycles. The van der Waals surface area contributed by atoms with Gasteiger partial charge in [0.2, 0.25) is 16.0 Å². The molecule has 28 heavy (non-hydrogen) atoms. The van der Waals surface area contributed by atoms with Crippen LogP contribution in [-0.4, -0.2) is 45.6 Å². The van der Waals surface area contributed by atoms with Crippen molar-refractivity contribution in [1.29, 1.82) is 0 Å². The lowest BCUT2D eigenvalue weighted by Crippen LogP contribution is -2.27. The van der Waals surface area contributed by atoms with E-state index in [1.165, 1.54) is 0 Å². The molecular formula is C19H22N6O2S. The molecule has 0 unspecified atom stereocenters. The zero-order chi connectivity index (χ0) is 19.7. The Morgan fingerprint density at radius 3 is 2.43 bits per heavy atom. The van der Waals surface area contributed by atoms with Crippen molar-refractivity contribution in [2.45, 2.75) is 24.7 Å². The number of hydrogen-bond acceptors (Lipinski definition) is 6. The summed E-state index contributed by atoms with van der Waals surface area (Å²) >= 11 is 0. The second-order valence-electron chi connectivity index (χ2n) is 6.89. The Bertz CT molecular complexity index is 1090. The van der Waals surface area contributed by atoms with Gasteiger partial charge < -0.3 is 5.32 Å². The molecule has 9 heteroatoms. The predicted octanol–water partition coefficient (Wildman–Crippen LogP) is 2.71. The van der Waals surface area contributed by atoms with Crippen molar-refractivity contribution in [3.63, 3.8) is 0 Å². The maximum Gasteiger partial charge on any atom is 0.243 e. The van der Waals surface area contributed by atoms with E-state index in [1.807, 2.05) is 20.2 Å². The third-order valence-corrected chi connectivity index (χ3v) is 6.68. The third-order valence-electron chi connectivity index (χ3n) is 4.76. The molecule has 1 aliphatic heterocycles. The van der Waals surface area contributed by atoms with Crippen LogP contribution in [0.25, 0.3) is 11.3 Å². The van der Waals surface area contributed by atoms with Crippen LogP contribution >= 0.6 is 0 Å². The molecule has 1 saturated heterocycles. The molecule has 0 saturated carbocycles. The van der Waals surface area contributed by atoms with E-state index >= 15 is 0 Å². The van der Waals surface area contributed by atoms with Crippen molar-refractivity contribution in [2.75, 3.05) is 18.4 Å². The number of nitrogens with one attached hydrogen (secondary N) is 1. The first-order chi connectivity index (χ1) is 13.4. The van der Waals surface area contributed by atoms with Crippen LogP contribution in [0.4, 0.5) is 11.6 Å². The summed E-state index contributed by atoms with van der Waals surface area (Å²) in [7, 11) is -1.58. The van der Waals surface area contributed by atoms with Gasteiger partial charge in [0, 0.05) is 38.1 Å². The third kappa shape index (κ3) is 3.63. The van der Waals surface area contributed by atoms with E-state index in [2.05, 4.69) is 20.4 Å². The largest absolute Gasteiger partial charge is 0.321 e. The van der Waals surface area contributed by atoms with Gasteiger partial charge in [0.25, 0.3) is 0 Å². The normalized spacial score (nSPS) is 15.1. The molecular weight excluding hydrogens is 376 g/mol. The van der Waals surface area contributed by atoms with Crippen molar-refractivity contribution in [1.82, 2.24) is 24.1 Å². The summed E-state index contributed by atoms with van der Waals surface area (Å²) in [5.74, 6) is 0.461. The Kier molecular flexibility index (Phi) is 4.86. The Morgan fingerprint density at radius 1 is 1.07 bits per heavy atom. The van der Waals surface area contributed by atoms with Gasteiger partial charge in [-0.3, -0.25) is 4.68 Å². The van der Waals surface area contributed by atoms with E-state index in [9.17, 15) is 8.42 Å². The predicted molar refractivity (Wildman–Crippen MR) is 107 cm³/mol. The molecule has 0 amide bonds. The second-order valence-corrected chi connectivity index (χ2v) is 8.83. The monoisotopic (exact) mass is 398 g/mol. The Labute approximate surface area is 164 Å². The van der Waals surface area contributed by atoms with Crippen LogP contribution < -0.4 is 5.32 Å². The van der Waals surface area contributed by atoms with Crippen molar-refractivity contribution in [2.24, 2.45) is 7.05 Å². The van der Waals surface area contributed by atoms with Crippen molar-refractivity contribution in [3.05, 3.63) is 48.4 Å². The van der Waals surface area contributed by atoms with E-state index in [1.54, 1.807) is 45.6 Å². The second kappa shape index (κ2) is 7.33. The van der Waals surface area contributed by atoms with Crippen LogP contribution in [0.2, 0.25) is 0 Å². The first kappa shape index (κ1) is 18.6. The Hall–Kier alpha value is -2.78. The molecule has 0 radical (unpaired) electrons. The van der Waals surface area contributed by atoms with Crippen LogP contribution in [0.5, 0.6) is 0 Å². The highest BCUT2D eigenvalue weighted by Gasteiger charge is 2.27. The first-order valence-corrected chi connectivity index (χ1v) is 10.6. The van der Waals surface area contributed by atoms with Gasteiger partial charge in [-0.15, -0.1) is 0 Å². The molecule has 1 aliphatic rings. The summed E-state index contributed by atoms with van der Waals surface area (Å²) in [6.07, 6.45) is 7.12. The summed E-state index contributed by atoms with van der Waals surface area (Å²) < 4.78 is 28.6. The van der Waals surface area contributed by atoms with Gasteiger partial charge in [0.1, 0.15) is 0 Å². The van der Waals surface area contributed by atoms with Crippen LogP contribution in [0.3, 0.4) is 0 Å². The molecule has 1 fully saturated rings. The van der Waals surface area contributed by atoms with Gasteiger partial charge in [0.15, 0.2) is 0 Å². The summed E-state index contributed by atoms with van der Waals surface area (Å²) in [4.78, 5) is 9.23. The number of aryl methyl sites for hydroxylation is 2. The Morgan fingerprint density at radius 2 is 1.79 bits per heavy atom. The van der Waals surface area contributed by atoms with Gasteiger partial charge >= 0.3 is 0 Å². The maximum atomic E-state index is 12.7. The molecule has 3 aromatic rings. The fourth-order valence-electron chi connectivity index (χ4n) is 3.27. The summed E-state index contributed by atoms with van der Waals surface area (Å²) in [5.41, 5.74) is 3.30. The number of aromatic nitrogens is 4. The number of nitrogens with zero attached hydrogens (tertiary/aromatic N) is 5. The molecule has 1 N–H and O–H groups in total. The molecule has 1 aromatic carbocycles. The fourth-order valence-corrected chi connectivity index (χ4v) is 4.79. The van der Waals surface area contributed by atoms with Crippen LogP contribution in [-0.2, 0) is 17.1 Å². The molecule has 0 aliphatic carbocycles. The van der Waals surface area contributed by atoms with Gasteiger partial charge in [0.05, 0.1) is 22.5 Å². The number of anilines is 2. The summed E-state index contributed by atoms with van der Waals surface area (Å²) in [5, 5.41) is 7.24. The molecule has 0 atom stereocenters. The number of sulfonamides is 1. The summed E-state index contributed by atoms with van der Waals surface area (Å²) in [6.45, 7) is 3.12. The van der Waals surface area contributed by atoms with Crippen molar-refractivity contribution < 1.29 is 8.42 Å². The fraction of sp³-hybridized carbons (Fsp3) is 0.316.